The number of fused-ring (bicyclic) bond motifs is 1. The minimum absolute atomic E-state index is 0.00358. The first kappa shape index (κ1) is 18.4. The van der Waals surface area contributed by atoms with Crippen molar-refractivity contribution in [2.75, 3.05) is 18.1 Å². The number of esters is 1. The average Bonchev–Trinajstić information content (AvgIpc) is 3.06. The van der Waals surface area contributed by atoms with E-state index in [9.17, 15) is 19.5 Å². The minimum Gasteiger partial charge on any atom is -0.464 e. The van der Waals surface area contributed by atoms with Gasteiger partial charge in [-0.15, -0.1) is 0 Å². The van der Waals surface area contributed by atoms with Gasteiger partial charge in [-0.2, -0.15) is 4.99 Å². The van der Waals surface area contributed by atoms with Crippen LogP contribution in [0, 0.1) is 0 Å². The van der Waals surface area contributed by atoms with E-state index < -0.39 is 28.6 Å². The van der Waals surface area contributed by atoms with Crippen molar-refractivity contribution in [2.45, 2.75) is 30.6 Å². The molecule has 1 aromatic carbocycles. The predicted molar refractivity (Wildman–Crippen MR) is 96.6 cm³/mol. The molecule has 2 heterocycles. The lowest BCUT2D eigenvalue weighted by molar-refractivity contribution is -0.145. The smallest absolute Gasteiger partial charge is 0.326 e. The molecule has 26 heavy (non-hydrogen) atoms. The van der Waals surface area contributed by atoms with Crippen LogP contribution in [0.1, 0.15) is 25.3 Å². The molecule has 9 heteroatoms. The third-order valence-corrected chi connectivity index (χ3v) is 5.40. The van der Waals surface area contributed by atoms with E-state index in [-0.39, 0.29) is 23.9 Å². The zero-order chi connectivity index (χ0) is 18.9. The molecule has 0 saturated heterocycles. The van der Waals surface area contributed by atoms with Crippen LogP contribution in [0.25, 0.3) is 0 Å². The molecule has 3 rings (SSSR count). The summed E-state index contributed by atoms with van der Waals surface area (Å²) in [4.78, 5) is 41.9. The van der Waals surface area contributed by atoms with Gasteiger partial charge in [-0.05, 0) is 12.5 Å². The summed E-state index contributed by atoms with van der Waals surface area (Å²) < 4.78 is 5.11. The van der Waals surface area contributed by atoms with Crippen LogP contribution in [0.5, 0.6) is 0 Å². The lowest BCUT2D eigenvalue weighted by atomic mass is 9.91. The highest BCUT2D eigenvalue weighted by Crippen LogP contribution is 2.47. The van der Waals surface area contributed by atoms with Crippen molar-refractivity contribution in [3.05, 3.63) is 29.8 Å². The summed E-state index contributed by atoms with van der Waals surface area (Å²) in [5.74, 6) is -2.01. The molecular weight excluding hydrogens is 358 g/mol. The van der Waals surface area contributed by atoms with E-state index in [1.54, 1.807) is 24.3 Å². The van der Waals surface area contributed by atoms with E-state index in [0.717, 1.165) is 29.5 Å². The quantitative estimate of drug-likeness (QED) is 0.547. The number of carbonyl (C=O) groups excluding carboxylic acids is 3. The second kappa shape index (κ2) is 7.08. The van der Waals surface area contributed by atoms with Crippen molar-refractivity contribution < 1.29 is 24.2 Å². The summed E-state index contributed by atoms with van der Waals surface area (Å²) >= 11 is 0.839. The third-order valence-electron chi connectivity index (χ3n) is 4.29. The Balaban J connectivity index is 1.89. The molecule has 3 N–H and O–H groups in total. The van der Waals surface area contributed by atoms with Crippen molar-refractivity contribution in [3.63, 3.8) is 0 Å². The van der Waals surface area contributed by atoms with Gasteiger partial charge in [0.25, 0.3) is 11.8 Å². The Morgan fingerprint density at radius 3 is 2.81 bits per heavy atom. The predicted octanol–water partition coefficient (Wildman–Crippen LogP) is 0.521. The Hall–Kier alpha value is -2.39. The number of carbonyl (C=O) groups is 3. The van der Waals surface area contributed by atoms with Crippen LogP contribution in [0.4, 0.5) is 5.69 Å². The van der Waals surface area contributed by atoms with Gasteiger partial charge in [0.05, 0.1) is 12.3 Å². The number of hydrogen-bond donors (Lipinski definition) is 2. The SMILES string of the molecule is CCCCOC(=O)CN1C(=O)C(O)(C2SC(N)=NC2=O)c2ccccc21. The Labute approximate surface area is 154 Å². The van der Waals surface area contributed by atoms with Crippen LogP contribution in [-0.2, 0) is 24.7 Å². The van der Waals surface area contributed by atoms with Crippen molar-refractivity contribution in [1.82, 2.24) is 0 Å². The lowest BCUT2D eigenvalue weighted by Gasteiger charge is -2.26. The van der Waals surface area contributed by atoms with Gasteiger partial charge >= 0.3 is 5.97 Å². The van der Waals surface area contributed by atoms with Crippen molar-refractivity contribution in [2.24, 2.45) is 10.7 Å². The number of ether oxygens (including phenoxy) is 1. The topological polar surface area (TPSA) is 122 Å². The highest BCUT2D eigenvalue weighted by atomic mass is 32.2. The van der Waals surface area contributed by atoms with Gasteiger partial charge in [-0.1, -0.05) is 43.3 Å². The van der Waals surface area contributed by atoms with Gasteiger partial charge < -0.3 is 15.6 Å². The Kier molecular flexibility index (Phi) is 5.01. The number of hydrogen-bond acceptors (Lipinski definition) is 7. The summed E-state index contributed by atoms with van der Waals surface area (Å²) in [7, 11) is 0. The molecule has 0 aliphatic carbocycles. The molecule has 0 fully saturated rings. The van der Waals surface area contributed by atoms with E-state index in [0.29, 0.717) is 5.69 Å². The summed E-state index contributed by atoms with van der Waals surface area (Å²) in [6.07, 6.45) is 1.60. The van der Waals surface area contributed by atoms with Gasteiger partial charge in [0.1, 0.15) is 11.8 Å². The van der Waals surface area contributed by atoms with E-state index >= 15 is 0 Å². The number of thioether (sulfide) groups is 1. The number of amides is 2. The summed E-state index contributed by atoms with van der Waals surface area (Å²) in [6.45, 7) is 1.90. The largest absolute Gasteiger partial charge is 0.464 e. The monoisotopic (exact) mass is 377 g/mol. The van der Waals surface area contributed by atoms with Crippen molar-refractivity contribution in [3.8, 4) is 0 Å². The first-order valence-corrected chi connectivity index (χ1v) is 9.11. The number of nitrogens with zero attached hydrogens (tertiary/aromatic N) is 2. The molecule has 0 bridgehead atoms. The molecule has 0 spiro atoms. The summed E-state index contributed by atoms with van der Waals surface area (Å²) in [6, 6.07) is 6.49. The molecule has 2 aliphatic rings. The summed E-state index contributed by atoms with van der Waals surface area (Å²) in [5, 5.41) is 10.00. The third kappa shape index (κ3) is 2.97. The number of amidine groups is 1. The number of rotatable bonds is 6. The number of nitrogens with two attached hydrogens (primary N) is 1. The van der Waals surface area contributed by atoms with Crippen LogP contribution in [0.2, 0.25) is 0 Å². The maximum Gasteiger partial charge on any atom is 0.326 e. The van der Waals surface area contributed by atoms with Crippen LogP contribution < -0.4 is 10.6 Å². The standard InChI is InChI=1S/C17H19N3O5S/c1-2-3-8-25-12(21)9-20-11-7-5-4-6-10(11)17(24,15(20)23)13-14(22)19-16(18)26-13/h4-7,13,24H,2-3,8-9H2,1H3,(H2,18,19,22). The number of anilines is 1. The molecule has 2 aliphatic heterocycles. The molecule has 138 valence electrons. The molecule has 0 aromatic heterocycles. The summed E-state index contributed by atoms with van der Waals surface area (Å²) in [5.41, 5.74) is 4.06. The molecule has 2 atom stereocenters. The van der Waals surface area contributed by atoms with E-state index in [1.807, 2.05) is 6.92 Å². The highest BCUT2D eigenvalue weighted by molar-refractivity contribution is 8.15. The maximum atomic E-state index is 13.0. The molecular formula is C17H19N3O5S. The number of unbranched alkanes of at least 4 members (excludes halogenated alkanes) is 1. The number of aliphatic hydroxyl groups is 1. The Morgan fingerprint density at radius 2 is 2.15 bits per heavy atom. The maximum absolute atomic E-state index is 13.0. The van der Waals surface area contributed by atoms with Crippen LogP contribution >= 0.6 is 11.8 Å². The van der Waals surface area contributed by atoms with Gasteiger partial charge in [0, 0.05) is 5.56 Å². The van der Waals surface area contributed by atoms with E-state index in [4.69, 9.17) is 10.5 Å². The molecule has 0 radical (unpaired) electrons. The van der Waals surface area contributed by atoms with Crippen molar-refractivity contribution in [1.29, 1.82) is 0 Å². The second-order valence-corrected chi connectivity index (χ2v) is 7.16. The average molecular weight is 377 g/mol. The normalized spacial score (nSPS) is 24.6. The van der Waals surface area contributed by atoms with Crippen LogP contribution in [0.3, 0.4) is 0 Å². The Morgan fingerprint density at radius 1 is 1.42 bits per heavy atom. The second-order valence-electron chi connectivity index (χ2n) is 6.04. The number of benzene rings is 1. The first-order valence-electron chi connectivity index (χ1n) is 8.23. The molecule has 8 nitrogen and oxygen atoms in total. The van der Waals surface area contributed by atoms with Gasteiger partial charge in [-0.3, -0.25) is 19.3 Å². The highest BCUT2D eigenvalue weighted by Gasteiger charge is 2.59. The van der Waals surface area contributed by atoms with E-state index in [1.165, 1.54) is 0 Å². The molecule has 2 unspecified atom stereocenters. The number of aliphatic imine (C=N–C) groups is 1. The Bertz CT molecular complexity index is 796. The van der Waals surface area contributed by atoms with Crippen molar-refractivity contribution >= 4 is 40.4 Å². The van der Waals surface area contributed by atoms with Gasteiger partial charge in [0.2, 0.25) is 0 Å². The zero-order valence-electron chi connectivity index (χ0n) is 14.2. The lowest BCUT2D eigenvalue weighted by Crippen LogP contribution is -2.50. The fraction of sp³-hybridized carbons (Fsp3) is 0.412. The van der Waals surface area contributed by atoms with E-state index in [2.05, 4.69) is 4.99 Å². The van der Waals surface area contributed by atoms with Crippen LogP contribution in [0.15, 0.2) is 29.3 Å². The molecule has 1 aromatic rings. The fourth-order valence-electron chi connectivity index (χ4n) is 3.01. The molecule has 0 saturated carbocycles. The molecule has 2 amide bonds. The van der Waals surface area contributed by atoms with Gasteiger partial charge in [-0.25, -0.2) is 0 Å². The van der Waals surface area contributed by atoms with Gasteiger partial charge in [0.15, 0.2) is 10.8 Å². The number of para-hydroxylation sites is 1. The van der Waals surface area contributed by atoms with Crippen LogP contribution in [-0.4, -0.2) is 46.5 Å². The fourth-order valence-corrected chi connectivity index (χ4v) is 3.94. The first-order chi connectivity index (χ1) is 12.4. The zero-order valence-corrected chi connectivity index (χ0v) is 15.0. The minimum atomic E-state index is -2.13.